The van der Waals surface area contributed by atoms with Gasteiger partial charge in [0.2, 0.25) is 0 Å². The van der Waals surface area contributed by atoms with E-state index in [0.717, 1.165) is 30.4 Å². The van der Waals surface area contributed by atoms with E-state index in [1.165, 1.54) is 0 Å². The van der Waals surface area contributed by atoms with Crippen LogP contribution in [0.5, 0.6) is 0 Å². The molecule has 2 aromatic rings. The monoisotopic (exact) mass is 350 g/mol. The lowest BCUT2D eigenvalue weighted by Crippen LogP contribution is -2.42. The molecule has 1 aliphatic rings. The van der Waals surface area contributed by atoms with Crippen molar-refractivity contribution in [3.63, 3.8) is 0 Å². The van der Waals surface area contributed by atoms with Gasteiger partial charge in [0.05, 0.1) is 5.52 Å². The Labute approximate surface area is 146 Å². The Morgan fingerprint density at radius 2 is 2.04 bits per heavy atom. The largest absolute Gasteiger partial charge is 0.444 e. The Morgan fingerprint density at radius 1 is 1.33 bits per heavy atom. The van der Waals surface area contributed by atoms with E-state index < -0.39 is 5.60 Å². The Morgan fingerprint density at radius 3 is 2.71 bits per heavy atom. The lowest BCUT2D eigenvalue weighted by atomic mass is 9.97. The summed E-state index contributed by atoms with van der Waals surface area (Å²) < 4.78 is 7.35. The van der Waals surface area contributed by atoms with E-state index in [-0.39, 0.29) is 6.09 Å². The van der Waals surface area contributed by atoms with Crippen molar-refractivity contribution in [2.75, 3.05) is 13.1 Å². The topological polar surface area (TPSA) is 60.2 Å². The van der Waals surface area contributed by atoms with Gasteiger partial charge in [0, 0.05) is 24.7 Å². The predicted molar refractivity (Wildman–Crippen MR) is 93.1 cm³/mol. The minimum Gasteiger partial charge on any atom is -0.444 e. The van der Waals surface area contributed by atoms with Crippen molar-refractivity contribution in [2.45, 2.75) is 45.8 Å². The summed E-state index contributed by atoms with van der Waals surface area (Å²) >= 11 is 6.07. The number of hydrogen-bond donors (Lipinski definition) is 0. The van der Waals surface area contributed by atoms with Crippen LogP contribution in [0.2, 0.25) is 5.02 Å². The number of amides is 1. The zero-order valence-corrected chi connectivity index (χ0v) is 15.1. The Hall–Kier alpha value is -1.82. The number of fused-ring (bicyclic) bond motifs is 1. The fourth-order valence-corrected chi connectivity index (χ4v) is 3.11. The minimum absolute atomic E-state index is 0.223. The maximum absolute atomic E-state index is 12.1. The van der Waals surface area contributed by atoms with E-state index in [1.54, 1.807) is 4.90 Å². The molecule has 7 heteroatoms. The first-order chi connectivity index (χ1) is 11.3. The fourth-order valence-electron chi connectivity index (χ4n) is 2.94. The molecule has 0 bridgehead atoms. The third-order valence-corrected chi connectivity index (χ3v) is 4.41. The lowest BCUT2D eigenvalue weighted by molar-refractivity contribution is 0.0177. The molecule has 24 heavy (non-hydrogen) atoms. The summed E-state index contributed by atoms with van der Waals surface area (Å²) in [5.41, 5.74) is 1.36. The number of carbonyl (C=O) groups excluding carboxylic acids is 1. The summed E-state index contributed by atoms with van der Waals surface area (Å²) in [6.07, 6.45) is 1.64. The molecule has 1 amide bonds. The van der Waals surface area contributed by atoms with Gasteiger partial charge >= 0.3 is 6.09 Å². The number of piperidine rings is 1. The first kappa shape index (κ1) is 17.0. The van der Waals surface area contributed by atoms with Gasteiger partial charge in [-0.05, 0) is 57.7 Å². The quantitative estimate of drug-likeness (QED) is 0.828. The van der Waals surface area contributed by atoms with Crippen LogP contribution < -0.4 is 0 Å². The summed E-state index contributed by atoms with van der Waals surface area (Å²) in [4.78, 5) is 13.9. The van der Waals surface area contributed by atoms with Crippen LogP contribution in [-0.2, 0) is 11.3 Å². The first-order valence-corrected chi connectivity index (χ1v) is 8.66. The number of rotatable bonds is 2. The van der Waals surface area contributed by atoms with Gasteiger partial charge in [-0.2, -0.15) is 0 Å². The third-order valence-electron chi connectivity index (χ3n) is 4.17. The Kier molecular flexibility index (Phi) is 4.67. The smallest absolute Gasteiger partial charge is 0.410 e. The van der Waals surface area contributed by atoms with Crippen molar-refractivity contribution in [1.82, 2.24) is 19.9 Å². The molecule has 0 radical (unpaired) electrons. The predicted octanol–water partition coefficient (Wildman–Crippen LogP) is 3.73. The zero-order valence-electron chi connectivity index (χ0n) is 14.3. The summed E-state index contributed by atoms with van der Waals surface area (Å²) in [5, 5.41) is 9.10. The number of halogens is 1. The molecule has 0 N–H and O–H groups in total. The molecule has 0 atom stereocenters. The average molecular weight is 351 g/mol. The number of aromatic nitrogens is 3. The number of hydrogen-bond acceptors (Lipinski definition) is 4. The number of nitrogens with zero attached hydrogens (tertiary/aromatic N) is 4. The van der Waals surface area contributed by atoms with Gasteiger partial charge in [-0.25, -0.2) is 9.48 Å². The second-order valence-corrected chi connectivity index (χ2v) is 7.75. The summed E-state index contributed by atoms with van der Waals surface area (Å²) in [7, 11) is 0. The highest BCUT2D eigenvalue weighted by atomic mass is 35.5. The van der Waals surface area contributed by atoms with Crippen LogP contribution in [0.15, 0.2) is 18.2 Å². The SMILES string of the molecule is CC(C)(C)OC(=O)N1CCC(Cn2nnc3ccc(Cl)cc32)CC1. The van der Waals surface area contributed by atoms with E-state index >= 15 is 0 Å². The van der Waals surface area contributed by atoms with Crippen molar-refractivity contribution in [3.05, 3.63) is 23.2 Å². The number of ether oxygens (including phenoxy) is 1. The molecule has 1 aromatic heterocycles. The third kappa shape index (κ3) is 3.98. The highest BCUT2D eigenvalue weighted by molar-refractivity contribution is 6.31. The van der Waals surface area contributed by atoms with Gasteiger partial charge in [-0.15, -0.1) is 5.10 Å². The average Bonchev–Trinajstić information content (AvgIpc) is 2.88. The molecule has 1 aliphatic heterocycles. The normalized spacial score (nSPS) is 16.6. The molecule has 1 saturated heterocycles. The minimum atomic E-state index is -0.452. The highest BCUT2D eigenvalue weighted by Crippen LogP contribution is 2.23. The molecule has 2 heterocycles. The Balaban J connectivity index is 1.59. The van der Waals surface area contributed by atoms with Gasteiger partial charge < -0.3 is 9.64 Å². The van der Waals surface area contributed by atoms with Crippen LogP contribution in [0.25, 0.3) is 11.0 Å². The van der Waals surface area contributed by atoms with E-state index in [0.29, 0.717) is 24.0 Å². The molecule has 1 aromatic carbocycles. The van der Waals surface area contributed by atoms with Crippen LogP contribution in [0.4, 0.5) is 4.79 Å². The summed E-state index contributed by atoms with van der Waals surface area (Å²) in [6.45, 7) is 7.88. The molecule has 0 saturated carbocycles. The van der Waals surface area contributed by atoms with Crippen LogP contribution in [-0.4, -0.2) is 44.7 Å². The zero-order chi connectivity index (χ0) is 17.3. The van der Waals surface area contributed by atoms with Crippen molar-refractivity contribution >= 4 is 28.7 Å². The van der Waals surface area contributed by atoms with Crippen LogP contribution >= 0.6 is 11.6 Å². The van der Waals surface area contributed by atoms with E-state index in [1.807, 2.05) is 43.7 Å². The standard InChI is InChI=1S/C17H23ClN4O2/c1-17(2,3)24-16(23)21-8-6-12(7-9-21)11-22-15-10-13(18)4-5-14(15)19-20-22/h4-5,10,12H,6-9,11H2,1-3H3. The molecule has 1 fully saturated rings. The molecule has 130 valence electrons. The van der Waals surface area contributed by atoms with E-state index in [9.17, 15) is 4.79 Å². The summed E-state index contributed by atoms with van der Waals surface area (Å²) in [5.74, 6) is 0.465. The van der Waals surface area contributed by atoms with Crippen LogP contribution in [0.1, 0.15) is 33.6 Å². The Bertz CT molecular complexity index is 730. The number of carbonyl (C=O) groups is 1. The summed E-state index contributed by atoms with van der Waals surface area (Å²) in [6, 6.07) is 5.60. The van der Waals surface area contributed by atoms with E-state index in [2.05, 4.69) is 10.3 Å². The van der Waals surface area contributed by atoms with Crippen molar-refractivity contribution in [1.29, 1.82) is 0 Å². The first-order valence-electron chi connectivity index (χ1n) is 8.28. The van der Waals surface area contributed by atoms with Crippen LogP contribution in [0, 0.1) is 5.92 Å². The molecule has 3 rings (SSSR count). The van der Waals surface area contributed by atoms with Gasteiger partial charge in [-0.3, -0.25) is 0 Å². The van der Waals surface area contributed by atoms with E-state index in [4.69, 9.17) is 16.3 Å². The van der Waals surface area contributed by atoms with Gasteiger partial charge in [0.25, 0.3) is 0 Å². The van der Waals surface area contributed by atoms with Gasteiger partial charge in [-0.1, -0.05) is 16.8 Å². The number of benzene rings is 1. The highest BCUT2D eigenvalue weighted by Gasteiger charge is 2.27. The molecular formula is C17H23ClN4O2. The van der Waals surface area contributed by atoms with Crippen molar-refractivity contribution in [2.24, 2.45) is 5.92 Å². The molecule has 0 spiro atoms. The maximum atomic E-state index is 12.1. The molecular weight excluding hydrogens is 328 g/mol. The van der Waals surface area contributed by atoms with Gasteiger partial charge in [0.15, 0.2) is 0 Å². The molecule has 6 nitrogen and oxygen atoms in total. The number of likely N-dealkylation sites (tertiary alicyclic amines) is 1. The second kappa shape index (κ2) is 6.59. The van der Waals surface area contributed by atoms with Crippen LogP contribution in [0.3, 0.4) is 0 Å². The fraction of sp³-hybridized carbons (Fsp3) is 0.588. The maximum Gasteiger partial charge on any atom is 0.410 e. The molecule has 0 aliphatic carbocycles. The molecule has 0 unspecified atom stereocenters. The second-order valence-electron chi connectivity index (χ2n) is 7.32. The van der Waals surface area contributed by atoms with Crippen molar-refractivity contribution < 1.29 is 9.53 Å². The lowest BCUT2D eigenvalue weighted by Gasteiger charge is -2.33. The van der Waals surface area contributed by atoms with Crippen molar-refractivity contribution in [3.8, 4) is 0 Å². The van der Waals surface area contributed by atoms with Gasteiger partial charge in [0.1, 0.15) is 11.1 Å².